The molecule has 2 rings (SSSR count). The number of para-hydroxylation sites is 1. The van der Waals surface area contributed by atoms with Crippen LogP contribution in [0.5, 0.6) is 5.75 Å². The Kier molecular flexibility index (Phi) is 6.55. The van der Waals surface area contributed by atoms with Crippen LogP contribution in [0.4, 0.5) is 8.78 Å². The molecule has 0 amide bonds. The molecule has 1 aromatic carbocycles. The number of hydrogen-bond donors (Lipinski definition) is 1. The molecule has 1 heterocycles. The van der Waals surface area contributed by atoms with Gasteiger partial charge in [0.1, 0.15) is 5.75 Å². The number of benzene rings is 1. The van der Waals surface area contributed by atoms with E-state index in [1.54, 1.807) is 26.8 Å². The fraction of sp³-hybridized carbons (Fsp3) is 0.368. The van der Waals surface area contributed by atoms with E-state index < -0.39 is 24.5 Å². The van der Waals surface area contributed by atoms with E-state index in [0.29, 0.717) is 11.4 Å². The summed E-state index contributed by atoms with van der Waals surface area (Å²) in [6.07, 6.45) is 0. The van der Waals surface area contributed by atoms with Crippen molar-refractivity contribution < 1.29 is 32.6 Å². The molecule has 8 heteroatoms. The van der Waals surface area contributed by atoms with Crippen molar-refractivity contribution in [1.29, 1.82) is 0 Å². The lowest BCUT2D eigenvalue weighted by Gasteiger charge is -2.31. The summed E-state index contributed by atoms with van der Waals surface area (Å²) in [5.41, 5.74) is 1.39. The van der Waals surface area contributed by atoms with Crippen LogP contribution in [0.25, 0.3) is 0 Å². The number of carbonyl (C=O) groups excluding carboxylic acids is 2. The lowest BCUT2D eigenvalue weighted by Crippen LogP contribution is -2.32. The van der Waals surface area contributed by atoms with Gasteiger partial charge in [-0.3, -0.25) is 0 Å². The van der Waals surface area contributed by atoms with Gasteiger partial charge < -0.3 is 19.5 Å². The zero-order valence-electron chi connectivity index (χ0n) is 15.5. The molecule has 146 valence electrons. The maximum Gasteiger partial charge on any atom is 0.387 e. The van der Waals surface area contributed by atoms with Crippen molar-refractivity contribution in [2.24, 2.45) is 0 Å². The number of rotatable bonds is 6. The highest BCUT2D eigenvalue weighted by Crippen LogP contribution is 2.42. The summed E-state index contributed by atoms with van der Waals surface area (Å²) >= 11 is 0. The number of esters is 2. The molecule has 0 bridgehead atoms. The number of allylic oxidation sites excluding steroid dienone is 2. The zero-order chi connectivity index (χ0) is 20.1. The minimum Gasteiger partial charge on any atom is -0.466 e. The summed E-state index contributed by atoms with van der Waals surface area (Å²) in [5, 5.41) is 2.96. The highest BCUT2D eigenvalue weighted by atomic mass is 19.3. The number of alkyl halides is 2. The Morgan fingerprint density at radius 3 is 2.26 bits per heavy atom. The minimum absolute atomic E-state index is 0.119. The van der Waals surface area contributed by atoms with Crippen LogP contribution in [0, 0.1) is 0 Å². The monoisotopic (exact) mass is 381 g/mol. The van der Waals surface area contributed by atoms with Crippen LogP contribution in [-0.2, 0) is 19.1 Å². The summed E-state index contributed by atoms with van der Waals surface area (Å²) in [4.78, 5) is 25.0. The summed E-state index contributed by atoms with van der Waals surface area (Å²) in [6.45, 7) is 1.99. The van der Waals surface area contributed by atoms with Crippen molar-refractivity contribution in [3.63, 3.8) is 0 Å². The third kappa shape index (κ3) is 4.27. The predicted molar refractivity (Wildman–Crippen MR) is 93.0 cm³/mol. The van der Waals surface area contributed by atoms with Crippen LogP contribution in [0.3, 0.4) is 0 Å². The standard InChI is InChI=1S/C19H21F2NO5/c1-5-26-18(24)15-11(3)22-10(2)14(17(23)25-4)16(15)12-8-6-7-9-13(12)27-19(20)21/h6-9,16,19,22H,5H2,1-4H3. The SMILES string of the molecule is CCOC(=O)C1=C(C)NC(C)=C(C(=O)OC)C1c1ccccc1OC(F)F. The van der Waals surface area contributed by atoms with Gasteiger partial charge in [0, 0.05) is 17.0 Å². The molecule has 1 unspecified atom stereocenters. The second-order valence-electron chi connectivity index (χ2n) is 5.76. The van der Waals surface area contributed by atoms with Crippen molar-refractivity contribution in [3.8, 4) is 5.75 Å². The van der Waals surface area contributed by atoms with Gasteiger partial charge in [0.2, 0.25) is 0 Å². The van der Waals surface area contributed by atoms with Crippen LogP contribution in [0.1, 0.15) is 32.3 Å². The average Bonchev–Trinajstić information content (AvgIpc) is 2.60. The van der Waals surface area contributed by atoms with E-state index >= 15 is 0 Å². The van der Waals surface area contributed by atoms with Crippen LogP contribution in [0.15, 0.2) is 46.8 Å². The van der Waals surface area contributed by atoms with Gasteiger partial charge in [-0.15, -0.1) is 0 Å². The Bertz CT molecular complexity index is 801. The lowest BCUT2D eigenvalue weighted by molar-refractivity contribution is -0.139. The molecule has 1 atom stereocenters. The molecule has 0 aromatic heterocycles. The van der Waals surface area contributed by atoms with Crippen molar-refractivity contribution in [1.82, 2.24) is 5.32 Å². The van der Waals surface area contributed by atoms with E-state index in [9.17, 15) is 18.4 Å². The Morgan fingerprint density at radius 1 is 1.11 bits per heavy atom. The Hall–Kier alpha value is -2.90. The van der Waals surface area contributed by atoms with E-state index in [1.807, 2.05) is 0 Å². The Balaban J connectivity index is 2.71. The first-order valence-electron chi connectivity index (χ1n) is 8.29. The molecule has 0 radical (unpaired) electrons. The van der Waals surface area contributed by atoms with Gasteiger partial charge in [0.05, 0.1) is 30.8 Å². The lowest BCUT2D eigenvalue weighted by atomic mass is 9.80. The second-order valence-corrected chi connectivity index (χ2v) is 5.76. The Labute approximate surface area is 155 Å². The van der Waals surface area contributed by atoms with Gasteiger partial charge in [-0.05, 0) is 26.8 Å². The van der Waals surface area contributed by atoms with Crippen LogP contribution in [0.2, 0.25) is 0 Å². The quantitative estimate of drug-likeness (QED) is 0.763. The fourth-order valence-electron chi connectivity index (χ4n) is 3.09. The van der Waals surface area contributed by atoms with Gasteiger partial charge in [0.25, 0.3) is 0 Å². The van der Waals surface area contributed by atoms with E-state index in [1.165, 1.54) is 25.3 Å². The molecule has 1 aliphatic heterocycles. The van der Waals surface area contributed by atoms with Gasteiger partial charge in [0.15, 0.2) is 0 Å². The average molecular weight is 381 g/mol. The van der Waals surface area contributed by atoms with Crippen molar-refractivity contribution in [2.45, 2.75) is 33.3 Å². The number of dihydropyridines is 1. The molecule has 0 saturated carbocycles. The molecule has 0 spiro atoms. The molecular weight excluding hydrogens is 360 g/mol. The maximum absolute atomic E-state index is 12.9. The van der Waals surface area contributed by atoms with E-state index in [4.69, 9.17) is 9.47 Å². The molecule has 6 nitrogen and oxygen atoms in total. The van der Waals surface area contributed by atoms with Crippen LogP contribution >= 0.6 is 0 Å². The summed E-state index contributed by atoms with van der Waals surface area (Å²) in [6, 6.07) is 6.01. The number of methoxy groups -OCH3 is 1. The van der Waals surface area contributed by atoms with Crippen molar-refractivity contribution >= 4 is 11.9 Å². The van der Waals surface area contributed by atoms with Gasteiger partial charge in [-0.25, -0.2) is 9.59 Å². The second kappa shape index (κ2) is 8.66. The van der Waals surface area contributed by atoms with Gasteiger partial charge in [-0.2, -0.15) is 8.78 Å². The molecule has 27 heavy (non-hydrogen) atoms. The molecule has 0 saturated heterocycles. The molecule has 1 aromatic rings. The molecule has 0 fully saturated rings. The van der Waals surface area contributed by atoms with E-state index in [0.717, 1.165) is 0 Å². The first kappa shape index (κ1) is 20.4. The van der Waals surface area contributed by atoms with Crippen molar-refractivity contribution in [3.05, 3.63) is 52.4 Å². The highest BCUT2D eigenvalue weighted by molar-refractivity contribution is 6.00. The predicted octanol–water partition coefficient (Wildman–Crippen LogP) is 3.26. The number of carbonyl (C=O) groups is 2. The minimum atomic E-state index is -3.06. The third-order valence-electron chi connectivity index (χ3n) is 4.11. The molecular formula is C19H21F2NO5. The smallest absolute Gasteiger partial charge is 0.387 e. The third-order valence-corrected chi connectivity index (χ3v) is 4.11. The Morgan fingerprint density at radius 2 is 1.70 bits per heavy atom. The first-order valence-corrected chi connectivity index (χ1v) is 8.29. The topological polar surface area (TPSA) is 73.9 Å². The fourth-order valence-corrected chi connectivity index (χ4v) is 3.09. The molecule has 1 N–H and O–H groups in total. The number of ether oxygens (including phenoxy) is 3. The number of halogens is 2. The van der Waals surface area contributed by atoms with Crippen LogP contribution < -0.4 is 10.1 Å². The molecule has 1 aliphatic rings. The van der Waals surface area contributed by atoms with E-state index in [-0.39, 0.29) is 29.1 Å². The van der Waals surface area contributed by atoms with Gasteiger partial charge >= 0.3 is 18.6 Å². The summed E-state index contributed by atoms with van der Waals surface area (Å²) in [5.74, 6) is -2.46. The number of nitrogens with one attached hydrogen (secondary N) is 1. The summed E-state index contributed by atoms with van der Waals surface area (Å²) in [7, 11) is 1.20. The highest BCUT2D eigenvalue weighted by Gasteiger charge is 2.39. The first-order chi connectivity index (χ1) is 12.8. The van der Waals surface area contributed by atoms with Crippen molar-refractivity contribution in [2.75, 3.05) is 13.7 Å². The number of hydrogen-bond acceptors (Lipinski definition) is 6. The zero-order valence-corrected chi connectivity index (χ0v) is 15.5. The van der Waals surface area contributed by atoms with E-state index in [2.05, 4.69) is 10.1 Å². The normalized spacial score (nSPS) is 16.9. The summed E-state index contributed by atoms with van der Waals surface area (Å²) < 4.78 is 40.3. The van der Waals surface area contributed by atoms with Crippen LogP contribution in [-0.4, -0.2) is 32.3 Å². The largest absolute Gasteiger partial charge is 0.466 e. The van der Waals surface area contributed by atoms with Gasteiger partial charge in [-0.1, -0.05) is 18.2 Å². The molecule has 0 aliphatic carbocycles. The maximum atomic E-state index is 12.9.